The third-order valence-electron chi connectivity index (χ3n) is 3.16. The van der Waals surface area contributed by atoms with Crippen LogP contribution >= 0.6 is 11.6 Å². The minimum atomic E-state index is 0.529. The van der Waals surface area contributed by atoms with Crippen LogP contribution in [0.5, 0.6) is 0 Å². The van der Waals surface area contributed by atoms with Crippen molar-refractivity contribution in [1.29, 1.82) is 0 Å². The predicted octanol–water partition coefficient (Wildman–Crippen LogP) is 4.08. The molecule has 0 bridgehead atoms. The van der Waals surface area contributed by atoms with Gasteiger partial charge < -0.3 is 4.90 Å². The Morgan fingerprint density at radius 1 is 1.11 bits per heavy atom. The Balaban J connectivity index is 2.45. The molecule has 0 N–H and O–H groups in total. The van der Waals surface area contributed by atoms with Crippen LogP contribution in [0.15, 0.2) is 24.3 Å². The molecule has 0 unspecified atom stereocenters. The van der Waals surface area contributed by atoms with Gasteiger partial charge in [0, 0.05) is 24.7 Å². The maximum atomic E-state index is 6.18. The summed E-state index contributed by atoms with van der Waals surface area (Å²) < 4.78 is 0. The van der Waals surface area contributed by atoms with E-state index < -0.39 is 0 Å². The van der Waals surface area contributed by atoms with Gasteiger partial charge in [-0.1, -0.05) is 36.2 Å². The van der Waals surface area contributed by atoms with Crippen molar-refractivity contribution in [1.82, 2.24) is 9.97 Å². The van der Waals surface area contributed by atoms with Crippen molar-refractivity contribution < 1.29 is 0 Å². The zero-order valence-electron chi connectivity index (χ0n) is 11.7. The molecular weight excluding hydrogens is 258 g/mol. The summed E-state index contributed by atoms with van der Waals surface area (Å²) in [6.45, 7) is 6.05. The lowest BCUT2D eigenvalue weighted by Crippen LogP contribution is -2.14. The molecule has 100 valence electrons. The SMILES string of the molecule is CCc1nc(Cl)c(C)c(N(C)c2ccc(C)cc2)n1. The molecule has 0 aliphatic heterocycles. The summed E-state index contributed by atoms with van der Waals surface area (Å²) in [7, 11) is 2.00. The van der Waals surface area contributed by atoms with E-state index in [4.69, 9.17) is 11.6 Å². The highest BCUT2D eigenvalue weighted by Crippen LogP contribution is 2.28. The predicted molar refractivity (Wildman–Crippen MR) is 80.4 cm³/mol. The van der Waals surface area contributed by atoms with Crippen LogP contribution < -0.4 is 4.90 Å². The van der Waals surface area contributed by atoms with Gasteiger partial charge in [0.25, 0.3) is 0 Å². The summed E-state index contributed by atoms with van der Waals surface area (Å²) in [4.78, 5) is 10.9. The normalized spacial score (nSPS) is 10.6. The van der Waals surface area contributed by atoms with Crippen molar-refractivity contribution in [3.05, 3.63) is 46.4 Å². The molecule has 0 amide bonds. The second kappa shape index (κ2) is 5.57. The van der Waals surface area contributed by atoms with Gasteiger partial charge in [0.1, 0.15) is 16.8 Å². The fourth-order valence-electron chi connectivity index (χ4n) is 1.90. The first-order chi connectivity index (χ1) is 9.02. The average Bonchev–Trinajstić information content (AvgIpc) is 2.41. The van der Waals surface area contributed by atoms with Gasteiger partial charge >= 0.3 is 0 Å². The second-order valence-electron chi connectivity index (χ2n) is 4.63. The van der Waals surface area contributed by atoms with Gasteiger partial charge in [-0.25, -0.2) is 9.97 Å². The van der Waals surface area contributed by atoms with E-state index in [1.165, 1.54) is 5.56 Å². The third kappa shape index (κ3) is 2.87. The van der Waals surface area contributed by atoms with Gasteiger partial charge in [0.2, 0.25) is 0 Å². The van der Waals surface area contributed by atoms with Gasteiger partial charge in [-0.05, 0) is 26.0 Å². The molecule has 0 aliphatic rings. The van der Waals surface area contributed by atoms with Gasteiger partial charge in [-0.2, -0.15) is 0 Å². The Bertz CT molecular complexity index is 579. The van der Waals surface area contributed by atoms with Crippen LogP contribution in [-0.2, 0) is 6.42 Å². The molecule has 2 aromatic rings. The molecule has 1 aromatic heterocycles. The first-order valence-electron chi connectivity index (χ1n) is 6.36. The first kappa shape index (κ1) is 13.8. The maximum absolute atomic E-state index is 6.18. The maximum Gasteiger partial charge on any atom is 0.140 e. The van der Waals surface area contributed by atoms with Crippen molar-refractivity contribution in [2.45, 2.75) is 27.2 Å². The minimum absolute atomic E-state index is 0.529. The Morgan fingerprint density at radius 2 is 1.74 bits per heavy atom. The van der Waals surface area contributed by atoms with Crippen molar-refractivity contribution in [2.75, 3.05) is 11.9 Å². The number of hydrogen-bond acceptors (Lipinski definition) is 3. The minimum Gasteiger partial charge on any atom is -0.329 e. The van der Waals surface area contributed by atoms with Gasteiger partial charge in [0.15, 0.2) is 0 Å². The Kier molecular flexibility index (Phi) is 4.05. The molecule has 2 rings (SSSR count). The number of benzene rings is 1. The van der Waals surface area contributed by atoms with Crippen molar-refractivity contribution in [3.8, 4) is 0 Å². The van der Waals surface area contributed by atoms with Crippen LogP contribution in [0.2, 0.25) is 5.15 Å². The molecule has 0 saturated heterocycles. The highest BCUT2D eigenvalue weighted by Gasteiger charge is 2.13. The fourth-order valence-corrected chi connectivity index (χ4v) is 2.08. The summed E-state index contributed by atoms with van der Waals surface area (Å²) in [5.41, 5.74) is 3.23. The van der Waals surface area contributed by atoms with Crippen LogP contribution in [0.25, 0.3) is 0 Å². The highest BCUT2D eigenvalue weighted by atomic mass is 35.5. The molecule has 1 aromatic carbocycles. The van der Waals surface area contributed by atoms with E-state index in [9.17, 15) is 0 Å². The lowest BCUT2D eigenvalue weighted by atomic mass is 10.2. The smallest absolute Gasteiger partial charge is 0.140 e. The summed E-state index contributed by atoms with van der Waals surface area (Å²) in [6.07, 6.45) is 0.773. The summed E-state index contributed by atoms with van der Waals surface area (Å²) in [5.74, 6) is 1.63. The Morgan fingerprint density at radius 3 is 2.32 bits per heavy atom. The number of rotatable bonds is 3. The molecule has 19 heavy (non-hydrogen) atoms. The molecule has 0 aliphatic carbocycles. The second-order valence-corrected chi connectivity index (χ2v) is 4.99. The lowest BCUT2D eigenvalue weighted by Gasteiger charge is -2.21. The van der Waals surface area contributed by atoms with Gasteiger partial charge in [-0.15, -0.1) is 0 Å². The lowest BCUT2D eigenvalue weighted by molar-refractivity contribution is 0.915. The van der Waals surface area contributed by atoms with Gasteiger partial charge in [-0.3, -0.25) is 0 Å². The third-order valence-corrected chi connectivity index (χ3v) is 3.53. The van der Waals surface area contributed by atoms with E-state index in [1.54, 1.807) is 0 Å². The summed E-state index contributed by atoms with van der Waals surface area (Å²) in [5, 5.41) is 0.529. The van der Waals surface area contributed by atoms with E-state index in [0.29, 0.717) is 5.15 Å². The monoisotopic (exact) mass is 275 g/mol. The Hall–Kier alpha value is -1.61. The summed E-state index contributed by atoms with van der Waals surface area (Å²) >= 11 is 6.18. The van der Waals surface area contributed by atoms with Crippen LogP contribution in [0.4, 0.5) is 11.5 Å². The molecule has 0 saturated carbocycles. The molecule has 3 nitrogen and oxygen atoms in total. The number of aryl methyl sites for hydroxylation is 2. The first-order valence-corrected chi connectivity index (χ1v) is 6.74. The topological polar surface area (TPSA) is 29.0 Å². The standard InChI is InChI=1S/C15H18ClN3/c1-5-13-17-14(16)11(3)15(18-13)19(4)12-8-6-10(2)7-9-12/h6-9H,5H2,1-4H3. The number of nitrogens with zero attached hydrogens (tertiary/aromatic N) is 3. The zero-order valence-corrected chi connectivity index (χ0v) is 12.5. The molecule has 4 heteroatoms. The largest absolute Gasteiger partial charge is 0.329 e. The number of aromatic nitrogens is 2. The van der Waals surface area contributed by atoms with Crippen LogP contribution in [0, 0.1) is 13.8 Å². The zero-order chi connectivity index (χ0) is 14.0. The molecular formula is C15H18ClN3. The molecule has 0 spiro atoms. The summed E-state index contributed by atoms with van der Waals surface area (Å²) in [6, 6.07) is 8.34. The fraction of sp³-hybridized carbons (Fsp3) is 0.333. The molecule has 1 heterocycles. The van der Waals surface area contributed by atoms with Gasteiger partial charge in [0.05, 0.1) is 0 Å². The van der Waals surface area contributed by atoms with E-state index in [-0.39, 0.29) is 0 Å². The van der Waals surface area contributed by atoms with E-state index in [1.807, 2.05) is 25.8 Å². The Labute approximate surface area is 119 Å². The number of anilines is 2. The van der Waals surface area contributed by atoms with E-state index in [2.05, 4.69) is 41.2 Å². The number of hydrogen-bond donors (Lipinski definition) is 0. The average molecular weight is 276 g/mol. The molecule has 0 radical (unpaired) electrons. The molecule has 0 atom stereocenters. The highest BCUT2D eigenvalue weighted by molar-refractivity contribution is 6.30. The van der Waals surface area contributed by atoms with Crippen LogP contribution in [0.3, 0.4) is 0 Å². The quantitative estimate of drug-likeness (QED) is 0.791. The van der Waals surface area contributed by atoms with Crippen molar-refractivity contribution in [2.24, 2.45) is 0 Å². The van der Waals surface area contributed by atoms with E-state index in [0.717, 1.165) is 29.3 Å². The molecule has 0 fully saturated rings. The van der Waals surface area contributed by atoms with Crippen LogP contribution in [-0.4, -0.2) is 17.0 Å². The van der Waals surface area contributed by atoms with Crippen LogP contribution in [0.1, 0.15) is 23.9 Å². The van der Waals surface area contributed by atoms with Crippen molar-refractivity contribution in [3.63, 3.8) is 0 Å². The van der Waals surface area contributed by atoms with Crippen molar-refractivity contribution >= 4 is 23.1 Å². The van der Waals surface area contributed by atoms with E-state index >= 15 is 0 Å². The number of halogens is 1.